The molecule has 0 bridgehead atoms. The Morgan fingerprint density at radius 1 is 1.27 bits per heavy atom. The maximum absolute atomic E-state index is 11.3. The Morgan fingerprint density at radius 3 is 2.18 bits per heavy atom. The molecular weight excluding hydrogens is 165 g/mol. The predicted molar refractivity (Wildman–Crippen MR) is 44.8 cm³/mol. The van der Waals surface area contributed by atoms with E-state index in [0.717, 1.165) is 12.8 Å². The van der Waals surface area contributed by atoms with Crippen LogP contribution in [-0.4, -0.2) is 26.9 Å². The fourth-order valence-corrected chi connectivity index (χ4v) is 1.83. The minimum absolute atomic E-state index is 0.456. The van der Waals surface area contributed by atoms with Gasteiger partial charge in [0.1, 0.15) is 0 Å². The van der Waals surface area contributed by atoms with Crippen LogP contribution in [0.2, 0.25) is 0 Å². The van der Waals surface area contributed by atoms with Crippen molar-refractivity contribution in [3.05, 3.63) is 0 Å². The highest BCUT2D eigenvalue weighted by Gasteiger charge is 2.19. The molecule has 5 heteroatoms. The summed E-state index contributed by atoms with van der Waals surface area (Å²) in [7, 11) is 0.0247. The van der Waals surface area contributed by atoms with Crippen molar-refractivity contribution in [2.45, 2.75) is 12.8 Å². The second-order valence-electron chi connectivity index (χ2n) is 2.20. The van der Waals surface area contributed by atoms with E-state index in [-0.39, 0.29) is 0 Å². The van der Waals surface area contributed by atoms with E-state index in [1.807, 2.05) is 0 Å². The van der Waals surface area contributed by atoms with E-state index >= 15 is 0 Å². The molecule has 0 saturated heterocycles. The van der Waals surface area contributed by atoms with Gasteiger partial charge < -0.3 is 14.8 Å². The van der Waals surface area contributed by atoms with Crippen molar-refractivity contribution in [1.82, 2.24) is 0 Å². The number of rotatable bonds is 6. The van der Waals surface area contributed by atoms with Crippen molar-refractivity contribution < 1.29 is 13.6 Å². The quantitative estimate of drug-likeness (QED) is 0.494. The zero-order valence-corrected chi connectivity index (χ0v) is 7.97. The molecule has 2 N–H and O–H groups in total. The zero-order chi connectivity index (χ0) is 8.74. The topological polar surface area (TPSA) is 61.5 Å². The molecule has 0 radical (unpaired) electrons. The van der Waals surface area contributed by atoms with Crippen LogP contribution in [0.15, 0.2) is 0 Å². The Labute approximate surface area is 67.6 Å². The number of unbranched alkanes of at least 4 members (excludes halogenated alkanes) is 1. The van der Waals surface area contributed by atoms with Crippen molar-refractivity contribution in [2.24, 2.45) is 5.73 Å². The summed E-state index contributed by atoms with van der Waals surface area (Å²) in [5, 5.41) is 0. The molecule has 0 aliphatic heterocycles. The first-order chi connectivity index (χ1) is 5.18. The van der Waals surface area contributed by atoms with Gasteiger partial charge in [-0.3, -0.25) is 4.57 Å². The summed E-state index contributed by atoms with van der Waals surface area (Å²) in [6.45, 7) is 0.618. The number of nitrogens with two attached hydrogens (primary N) is 1. The maximum atomic E-state index is 11.3. The van der Waals surface area contributed by atoms with Gasteiger partial charge in [0.05, 0.1) is 6.16 Å². The fourth-order valence-electron chi connectivity index (χ4n) is 0.707. The SMILES string of the molecule is COP(=O)(CCCCN)OC. The van der Waals surface area contributed by atoms with Crippen molar-refractivity contribution in [1.29, 1.82) is 0 Å². The van der Waals surface area contributed by atoms with Gasteiger partial charge in [-0.2, -0.15) is 0 Å². The van der Waals surface area contributed by atoms with E-state index in [4.69, 9.17) is 14.8 Å². The van der Waals surface area contributed by atoms with E-state index in [2.05, 4.69) is 0 Å². The molecule has 0 aromatic heterocycles. The molecule has 0 unspecified atom stereocenters. The van der Waals surface area contributed by atoms with Crippen molar-refractivity contribution in [2.75, 3.05) is 26.9 Å². The summed E-state index contributed by atoms with van der Waals surface area (Å²) >= 11 is 0. The smallest absolute Gasteiger partial charge is 0.330 e. The highest BCUT2D eigenvalue weighted by molar-refractivity contribution is 7.53. The second-order valence-corrected chi connectivity index (χ2v) is 4.59. The molecule has 0 aromatic carbocycles. The second kappa shape index (κ2) is 5.72. The van der Waals surface area contributed by atoms with Crippen LogP contribution < -0.4 is 5.73 Å². The molecule has 0 heterocycles. The summed E-state index contributed by atoms with van der Waals surface area (Å²) in [5.41, 5.74) is 5.27. The van der Waals surface area contributed by atoms with Crippen LogP contribution in [0.5, 0.6) is 0 Å². The van der Waals surface area contributed by atoms with E-state index in [9.17, 15) is 4.57 Å². The number of hydrogen-bond acceptors (Lipinski definition) is 4. The van der Waals surface area contributed by atoms with Crippen LogP contribution in [0.4, 0.5) is 0 Å². The monoisotopic (exact) mass is 181 g/mol. The normalized spacial score (nSPS) is 11.9. The molecule has 11 heavy (non-hydrogen) atoms. The standard InChI is InChI=1S/C6H16NO3P/c1-9-11(8,10-2)6-4-3-5-7/h3-7H2,1-2H3. The van der Waals surface area contributed by atoms with Gasteiger partial charge in [-0.25, -0.2) is 0 Å². The summed E-state index contributed by atoms with van der Waals surface area (Å²) in [5.74, 6) is 0. The summed E-state index contributed by atoms with van der Waals surface area (Å²) in [4.78, 5) is 0. The molecule has 0 fully saturated rings. The van der Waals surface area contributed by atoms with Gasteiger partial charge in [-0.15, -0.1) is 0 Å². The van der Waals surface area contributed by atoms with Crippen LogP contribution in [0, 0.1) is 0 Å². The highest BCUT2D eigenvalue weighted by Crippen LogP contribution is 2.46. The van der Waals surface area contributed by atoms with Crippen LogP contribution >= 0.6 is 7.60 Å². The lowest BCUT2D eigenvalue weighted by Gasteiger charge is -2.12. The summed E-state index contributed by atoms with van der Waals surface area (Å²) in [6.07, 6.45) is 2.10. The molecule has 0 aliphatic rings. The van der Waals surface area contributed by atoms with E-state index in [1.165, 1.54) is 14.2 Å². The van der Waals surface area contributed by atoms with Crippen LogP contribution in [-0.2, 0) is 13.6 Å². The van der Waals surface area contributed by atoms with Gasteiger partial charge in [0.2, 0.25) is 0 Å². The molecular formula is C6H16NO3P. The third-order valence-corrected chi connectivity index (χ3v) is 3.42. The molecule has 0 aromatic rings. The third kappa shape index (κ3) is 4.53. The van der Waals surface area contributed by atoms with Crippen LogP contribution in [0.3, 0.4) is 0 Å². The lowest BCUT2D eigenvalue weighted by atomic mass is 10.3. The minimum atomic E-state index is -2.77. The van der Waals surface area contributed by atoms with E-state index in [0.29, 0.717) is 12.7 Å². The first-order valence-corrected chi connectivity index (χ1v) is 5.32. The highest BCUT2D eigenvalue weighted by atomic mass is 31.2. The molecule has 0 spiro atoms. The largest absolute Gasteiger partial charge is 0.330 e. The predicted octanol–water partition coefficient (Wildman–Crippen LogP) is 1.21. The van der Waals surface area contributed by atoms with Gasteiger partial charge >= 0.3 is 7.60 Å². The maximum Gasteiger partial charge on any atom is 0.330 e. The first kappa shape index (κ1) is 11.1. The Bertz CT molecular complexity index is 132. The lowest BCUT2D eigenvalue weighted by Crippen LogP contribution is -2.01. The van der Waals surface area contributed by atoms with Crippen LogP contribution in [0.1, 0.15) is 12.8 Å². The number of hydrogen-bond donors (Lipinski definition) is 1. The van der Waals surface area contributed by atoms with Crippen LogP contribution in [0.25, 0.3) is 0 Å². The Hall–Kier alpha value is 0.110. The van der Waals surface area contributed by atoms with Crippen molar-refractivity contribution >= 4 is 7.60 Å². The molecule has 0 atom stereocenters. The zero-order valence-electron chi connectivity index (χ0n) is 7.08. The average molecular weight is 181 g/mol. The van der Waals surface area contributed by atoms with Crippen molar-refractivity contribution in [3.8, 4) is 0 Å². The molecule has 0 aliphatic carbocycles. The van der Waals surface area contributed by atoms with Gasteiger partial charge in [-0.05, 0) is 19.4 Å². The van der Waals surface area contributed by atoms with Gasteiger partial charge in [0, 0.05) is 14.2 Å². The minimum Gasteiger partial charge on any atom is -0.330 e. The fraction of sp³-hybridized carbons (Fsp3) is 1.00. The lowest BCUT2D eigenvalue weighted by molar-refractivity contribution is 0.275. The molecule has 0 saturated carbocycles. The average Bonchev–Trinajstić information content (AvgIpc) is 2.05. The molecule has 0 amide bonds. The first-order valence-electron chi connectivity index (χ1n) is 3.59. The molecule has 4 nitrogen and oxygen atoms in total. The van der Waals surface area contributed by atoms with Gasteiger partial charge in [-0.1, -0.05) is 0 Å². The Balaban J connectivity index is 3.61. The summed E-state index contributed by atoms with van der Waals surface area (Å²) < 4.78 is 20.8. The summed E-state index contributed by atoms with van der Waals surface area (Å²) in [6, 6.07) is 0. The molecule has 68 valence electrons. The van der Waals surface area contributed by atoms with Gasteiger partial charge in [0.25, 0.3) is 0 Å². The third-order valence-electron chi connectivity index (χ3n) is 1.44. The van der Waals surface area contributed by atoms with Crippen molar-refractivity contribution in [3.63, 3.8) is 0 Å². The Morgan fingerprint density at radius 2 is 1.82 bits per heavy atom. The van der Waals surface area contributed by atoms with Gasteiger partial charge in [0.15, 0.2) is 0 Å². The van der Waals surface area contributed by atoms with E-state index < -0.39 is 7.60 Å². The van der Waals surface area contributed by atoms with E-state index in [1.54, 1.807) is 0 Å². The molecule has 0 rings (SSSR count). The Kier molecular flexibility index (Phi) is 5.78.